The largest absolute Gasteiger partial charge is 0.372 e. The quantitative estimate of drug-likeness (QED) is 0.635. The molecular weight excluding hydrogens is 384 g/mol. The summed E-state index contributed by atoms with van der Waals surface area (Å²) in [5, 5.41) is 3.80. The first-order valence-electron chi connectivity index (χ1n) is 9.54. The van der Waals surface area contributed by atoms with Crippen LogP contribution in [0.25, 0.3) is 0 Å². The summed E-state index contributed by atoms with van der Waals surface area (Å²) in [6, 6.07) is 0. The number of hydrogen-bond acceptors (Lipinski definition) is 7. The number of rotatable bonds is 7. The Morgan fingerprint density at radius 1 is 1.32 bits per heavy atom. The van der Waals surface area contributed by atoms with E-state index in [4.69, 9.17) is 9.26 Å². The Bertz CT molecular complexity index is 818. The van der Waals surface area contributed by atoms with Crippen LogP contribution in [0, 0.1) is 25.2 Å². The molecule has 28 heavy (non-hydrogen) atoms. The van der Waals surface area contributed by atoms with Crippen molar-refractivity contribution in [3.8, 4) is 0 Å². The van der Waals surface area contributed by atoms with Crippen molar-refractivity contribution < 1.29 is 22.5 Å². The number of likely N-dealkylation sites (tertiary alicyclic amines) is 1. The fourth-order valence-corrected chi connectivity index (χ4v) is 6.48. The lowest BCUT2D eigenvalue weighted by molar-refractivity contribution is -0.135. The van der Waals surface area contributed by atoms with Crippen LogP contribution in [0.2, 0.25) is 0 Å². The first kappa shape index (κ1) is 21.2. The molecule has 0 radical (unpaired) electrons. The summed E-state index contributed by atoms with van der Waals surface area (Å²) in [5.74, 6) is 0.356. The molecule has 0 saturated carbocycles. The lowest BCUT2D eigenvalue weighted by Gasteiger charge is -2.32. The highest BCUT2D eigenvalue weighted by atomic mass is 32.2. The normalized spacial score (nSPS) is 25.6. The first-order valence-corrected chi connectivity index (χ1v) is 11.0. The molecule has 0 aliphatic carbocycles. The van der Waals surface area contributed by atoms with Gasteiger partial charge in [0.25, 0.3) is 0 Å². The number of sulfonamides is 1. The lowest BCUT2D eigenvalue weighted by atomic mass is 9.80. The zero-order chi connectivity index (χ0) is 20.7. The second-order valence-corrected chi connectivity index (χ2v) is 10.0. The Balaban J connectivity index is 1.84. The van der Waals surface area contributed by atoms with Crippen molar-refractivity contribution >= 4 is 15.9 Å². The van der Waals surface area contributed by atoms with Crippen LogP contribution < -0.4 is 0 Å². The highest BCUT2D eigenvalue weighted by molar-refractivity contribution is 7.89. The molecule has 3 heterocycles. The highest BCUT2D eigenvalue weighted by Crippen LogP contribution is 2.45. The van der Waals surface area contributed by atoms with Crippen LogP contribution in [-0.4, -0.2) is 93.6 Å². The van der Waals surface area contributed by atoms with E-state index in [9.17, 15) is 13.2 Å². The third kappa shape index (κ3) is 3.70. The van der Waals surface area contributed by atoms with E-state index in [0.29, 0.717) is 50.8 Å². The number of fused-ring (bicyclic) bond motifs is 1. The second-order valence-electron chi connectivity index (χ2n) is 8.16. The average Bonchev–Trinajstić information content (AvgIpc) is 3.22. The molecule has 0 N–H and O–H groups in total. The third-order valence-corrected chi connectivity index (χ3v) is 7.76. The average molecular weight is 415 g/mol. The van der Waals surface area contributed by atoms with Crippen LogP contribution in [0.5, 0.6) is 0 Å². The van der Waals surface area contributed by atoms with Crippen molar-refractivity contribution in [2.45, 2.75) is 25.7 Å². The fraction of sp³-hybridized carbons (Fsp3) is 0.778. The van der Waals surface area contributed by atoms with E-state index >= 15 is 0 Å². The monoisotopic (exact) mass is 414 g/mol. The van der Waals surface area contributed by atoms with Crippen molar-refractivity contribution in [1.82, 2.24) is 19.3 Å². The smallest absolute Gasteiger partial charge is 0.248 e. The number of carbonyl (C=O) groups excluding carboxylic acids is 1. The van der Waals surface area contributed by atoms with Crippen molar-refractivity contribution in [3.05, 3.63) is 11.5 Å². The predicted molar refractivity (Wildman–Crippen MR) is 102 cm³/mol. The standard InChI is InChI=1S/C18H30N4O5S/c1-6-26-9-16(23)21-7-15-8-22(12-18(15,11-21)10-20(4)5)28(24,25)17-13(2)19-27-14(17)3/h15H,6-12H2,1-5H3. The molecule has 0 aromatic carbocycles. The molecule has 9 nitrogen and oxygen atoms in total. The Morgan fingerprint density at radius 3 is 2.61 bits per heavy atom. The number of nitrogens with zero attached hydrogens (tertiary/aromatic N) is 4. The van der Waals surface area contributed by atoms with E-state index in [1.165, 1.54) is 4.31 Å². The fourth-order valence-electron chi connectivity index (χ4n) is 4.61. The van der Waals surface area contributed by atoms with E-state index < -0.39 is 10.0 Å². The van der Waals surface area contributed by atoms with E-state index in [2.05, 4.69) is 10.1 Å². The zero-order valence-electron chi connectivity index (χ0n) is 17.3. The molecule has 1 amide bonds. The number of aromatic nitrogens is 1. The third-order valence-electron chi connectivity index (χ3n) is 5.71. The number of ether oxygens (including phenoxy) is 1. The number of aryl methyl sites for hydroxylation is 2. The zero-order valence-corrected chi connectivity index (χ0v) is 18.1. The SMILES string of the molecule is CCOCC(=O)N1CC2CN(S(=O)(=O)c3c(C)noc3C)CC2(CN(C)C)C1. The number of hydrogen-bond donors (Lipinski definition) is 0. The molecule has 2 unspecified atom stereocenters. The minimum Gasteiger partial charge on any atom is -0.372 e. The molecule has 2 saturated heterocycles. The van der Waals surface area contributed by atoms with Crippen LogP contribution in [0.15, 0.2) is 9.42 Å². The van der Waals surface area contributed by atoms with E-state index in [-0.39, 0.29) is 28.7 Å². The van der Waals surface area contributed by atoms with Crippen molar-refractivity contribution in [2.24, 2.45) is 11.3 Å². The van der Waals surface area contributed by atoms with Gasteiger partial charge in [-0.25, -0.2) is 8.42 Å². The van der Waals surface area contributed by atoms with Crippen molar-refractivity contribution in [3.63, 3.8) is 0 Å². The summed E-state index contributed by atoms with van der Waals surface area (Å²) >= 11 is 0. The second kappa shape index (κ2) is 7.74. The minimum absolute atomic E-state index is 0.0329. The summed E-state index contributed by atoms with van der Waals surface area (Å²) in [5.41, 5.74) is 0.0852. The van der Waals surface area contributed by atoms with Crippen LogP contribution >= 0.6 is 0 Å². The number of carbonyl (C=O) groups is 1. The van der Waals surface area contributed by atoms with Crippen LogP contribution in [0.1, 0.15) is 18.4 Å². The van der Waals surface area contributed by atoms with E-state index in [0.717, 1.165) is 0 Å². The summed E-state index contributed by atoms with van der Waals surface area (Å²) in [4.78, 5) is 16.5. The summed E-state index contributed by atoms with van der Waals surface area (Å²) < 4.78 is 38.4. The first-order chi connectivity index (χ1) is 13.1. The predicted octanol–water partition coefficient (Wildman–Crippen LogP) is 0.339. The summed E-state index contributed by atoms with van der Waals surface area (Å²) in [6.07, 6.45) is 0. The van der Waals surface area contributed by atoms with Gasteiger partial charge >= 0.3 is 0 Å². The maximum absolute atomic E-state index is 13.3. The van der Waals surface area contributed by atoms with E-state index in [1.54, 1.807) is 13.8 Å². The van der Waals surface area contributed by atoms with Gasteiger partial charge in [0.2, 0.25) is 15.9 Å². The molecule has 2 aliphatic heterocycles. The van der Waals surface area contributed by atoms with Crippen LogP contribution in [-0.2, 0) is 19.6 Å². The van der Waals surface area contributed by atoms with Gasteiger partial charge in [-0.05, 0) is 34.9 Å². The maximum atomic E-state index is 13.3. The van der Waals surface area contributed by atoms with Gasteiger partial charge in [0, 0.05) is 50.7 Å². The molecule has 1 aromatic rings. The lowest BCUT2D eigenvalue weighted by Crippen LogP contribution is -2.44. The molecule has 0 spiro atoms. The highest BCUT2D eigenvalue weighted by Gasteiger charge is 2.56. The molecular formula is C18H30N4O5S. The minimum atomic E-state index is -3.69. The molecule has 2 fully saturated rings. The molecule has 0 bridgehead atoms. The van der Waals surface area contributed by atoms with Gasteiger partial charge in [0.15, 0.2) is 5.76 Å². The van der Waals surface area contributed by atoms with Gasteiger partial charge in [-0.15, -0.1) is 0 Å². The van der Waals surface area contributed by atoms with E-state index in [1.807, 2.05) is 25.9 Å². The van der Waals surface area contributed by atoms with Crippen LogP contribution in [0.4, 0.5) is 0 Å². The summed E-state index contributed by atoms with van der Waals surface area (Å²) in [6.45, 7) is 8.25. The summed E-state index contributed by atoms with van der Waals surface area (Å²) in [7, 11) is 0.254. The molecule has 10 heteroatoms. The van der Waals surface area contributed by atoms with Gasteiger partial charge < -0.3 is 19.1 Å². The van der Waals surface area contributed by atoms with Gasteiger partial charge in [-0.3, -0.25) is 4.79 Å². The molecule has 2 atom stereocenters. The van der Waals surface area contributed by atoms with Crippen LogP contribution in [0.3, 0.4) is 0 Å². The Hall–Kier alpha value is -1.49. The van der Waals surface area contributed by atoms with Gasteiger partial charge in [0.05, 0.1) is 0 Å². The molecule has 1 aromatic heterocycles. The Kier molecular flexibility index (Phi) is 5.86. The van der Waals surface area contributed by atoms with Gasteiger partial charge in [-0.2, -0.15) is 4.31 Å². The molecule has 3 rings (SSSR count). The Morgan fingerprint density at radius 2 is 2.04 bits per heavy atom. The molecule has 158 valence electrons. The maximum Gasteiger partial charge on any atom is 0.248 e. The van der Waals surface area contributed by atoms with Gasteiger partial charge in [-0.1, -0.05) is 5.16 Å². The Labute approximate surface area is 166 Å². The van der Waals surface area contributed by atoms with Crippen molar-refractivity contribution in [2.75, 3.05) is 60.0 Å². The topological polar surface area (TPSA) is 96.2 Å². The number of amides is 1. The van der Waals surface area contributed by atoms with Gasteiger partial charge in [0.1, 0.15) is 17.2 Å². The van der Waals surface area contributed by atoms with Crippen molar-refractivity contribution in [1.29, 1.82) is 0 Å². The molecule has 2 aliphatic rings.